The summed E-state index contributed by atoms with van der Waals surface area (Å²) in [5, 5.41) is 14.1. The highest BCUT2D eigenvalue weighted by atomic mass is 35.6. The standard InChI is InChI=1S/C22H22Cl3N3O6/c23-22(24,25)21(30)34-18-16(13-31-11-14-7-3-1-4-8-14)33-20(29)17(27-28-26)19(18)32-12-15-9-5-2-6-10-15/h1-10,16-20,29H,11-13H2/t16-,17-,18-,19-,20?/m1/s1. The highest BCUT2D eigenvalue weighted by Gasteiger charge is 2.50. The molecule has 0 saturated carbocycles. The van der Waals surface area contributed by atoms with Crippen LogP contribution in [0, 0.1) is 0 Å². The number of ether oxygens (including phenoxy) is 4. The number of hydrogen-bond donors (Lipinski definition) is 1. The first-order chi connectivity index (χ1) is 16.3. The molecule has 0 spiro atoms. The zero-order valence-electron chi connectivity index (χ0n) is 17.7. The molecule has 2 aromatic rings. The summed E-state index contributed by atoms with van der Waals surface area (Å²) in [6, 6.07) is 17.2. The van der Waals surface area contributed by atoms with E-state index in [4.69, 9.17) is 59.3 Å². The van der Waals surface area contributed by atoms with Crippen molar-refractivity contribution in [3.05, 3.63) is 82.2 Å². The van der Waals surface area contributed by atoms with Crippen LogP contribution in [-0.2, 0) is 37.0 Å². The first-order valence-electron chi connectivity index (χ1n) is 10.2. The minimum atomic E-state index is -2.37. The van der Waals surface area contributed by atoms with Gasteiger partial charge in [-0.1, -0.05) is 101 Å². The lowest BCUT2D eigenvalue weighted by molar-refractivity contribution is -0.267. The molecule has 12 heteroatoms. The zero-order valence-corrected chi connectivity index (χ0v) is 20.0. The Bertz CT molecular complexity index is 973. The third kappa shape index (κ3) is 7.46. The number of aliphatic hydroxyl groups excluding tert-OH is 1. The number of azide groups is 1. The van der Waals surface area contributed by atoms with Crippen LogP contribution in [0.4, 0.5) is 0 Å². The van der Waals surface area contributed by atoms with Crippen LogP contribution in [-0.4, -0.2) is 52.1 Å². The van der Waals surface area contributed by atoms with E-state index in [1.165, 1.54) is 0 Å². The van der Waals surface area contributed by atoms with Crippen molar-refractivity contribution >= 4 is 40.8 Å². The molecular formula is C22H22Cl3N3O6. The normalized spacial score (nSPS) is 24.8. The van der Waals surface area contributed by atoms with Gasteiger partial charge in [0, 0.05) is 4.91 Å². The van der Waals surface area contributed by atoms with E-state index < -0.39 is 40.4 Å². The van der Waals surface area contributed by atoms with Gasteiger partial charge in [0.25, 0.3) is 3.79 Å². The fourth-order valence-corrected chi connectivity index (χ4v) is 3.52. The predicted octanol–water partition coefficient (Wildman–Crippen LogP) is 4.47. The first-order valence-corrected chi connectivity index (χ1v) is 11.4. The first kappa shape index (κ1) is 26.5. The Morgan fingerprint density at radius 1 is 1.03 bits per heavy atom. The van der Waals surface area contributed by atoms with Crippen LogP contribution in [0.25, 0.3) is 10.4 Å². The molecule has 0 amide bonds. The summed E-state index contributed by atoms with van der Waals surface area (Å²) in [4.78, 5) is 15.2. The van der Waals surface area contributed by atoms with E-state index in [1.807, 2.05) is 60.7 Å². The smallest absolute Gasteiger partial charge is 0.359 e. The van der Waals surface area contributed by atoms with E-state index in [-0.39, 0.29) is 19.8 Å². The van der Waals surface area contributed by atoms with Crippen LogP contribution in [0.15, 0.2) is 65.8 Å². The Morgan fingerprint density at radius 2 is 1.62 bits per heavy atom. The van der Waals surface area contributed by atoms with Gasteiger partial charge in [-0.2, -0.15) is 0 Å². The minimum absolute atomic E-state index is 0.0646. The number of esters is 1. The number of benzene rings is 2. The van der Waals surface area contributed by atoms with Gasteiger partial charge in [-0.15, -0.1) is 0 Å². The molecule has 1 N–H and O–H groups in total. The molecule has 2 aromatic carbocycles. The molecule has 34 heavy (non-hydrogen) atoms. The molecule has 0 bridgehead atoms. The van der Waals surface area contributed by atoms with Gasteiger partial charge in [0.1, 0.15) is 18.2 Å². The average Bonchev–Trinajstić information content (AvgIpc) is 2.82. The summed E-state index contributed by atoms with van der Waals surface area (Å²) in [7, 11) is 0. The minimum Gasteiger partial charge on any atom is -0.454 e. The van der Waals surface area contributed by atoms with Gasteiger partial charge >= 0.3 is 5.97 Å². The second kappa shape index (κ2) is 12.6. The molecule has 182 valence electrons. The van der Waals surface area contributed by atoms with Gasteiger partial charge in [-0.05, 0) is 16.7 Å². The van der Waals surface area contributed by atoms with Crippen LogP contribution >= 0.6 is 34.8 Å². The molecule has 0 aliphatic carbocycles. The Labute approximate surface area is 211 Å². The van der Waals surface area contributed by atoms with Crippen LogP contribution in [0.3, 0.4) is 0 Å². The van der Waals surface area contributed by atoms with Gasteiger partial charge in [0.15, 0.2) is 12.4 Å². The molecule has 9 nitrogen and oxygen atoms in total. The van der Waals surface area contributed by atoms with Crippen molar-refractivity contribution in [3.8, 4) is 0 Å². The Balaban J connectivity index is 1.82. The Hall–Kier alpha value is -2.07. The number of rotatable bonds is 9. The quantitative estimate of drug-likeness (QED) is 0.168. The maximum Gasteiger partial charge on any atom is 0.359 e. The van der Waals surface area contributed by atoms with Crippen molar-refractivity contribution in [3.63, 3.8) is 0 Å². The van der Waals surface area contributed by atoms with E-state index in [9.17, 15) is 9.90 Å². The average molecular weight is 531 g/mol. The monoisotopic (exact) mass is 529 g/mol. The third-order valence-electron chi connectivity index (χ3n) is 4.97. The van der Waals surface area contributed by atoms with E-state index >= 15 is 0 Å². The number of carbonyl (C=O) groups excluding carboxylic acids is 1. The summed E-state index contributed by atoms with van der Waals surface area (Å²) in [5.74, 6) is -1.18. The Kier molecular flexibility index (Phi) is 9.82. The van der Waals surface area contributed by atoms with Crippen LogP contribution in [0.5, 0.6) is 0 Å². The van der Waals surface area contributed by atoms with Gasteiger partial charge in [0.2, 0.25) is 0 Å². The predicted molar refractivity (Wildman–Crippen MR) is 125 cm³/mol. The van der Waals surface area contributed by atoms with Gasteiger partial charge in [-0.25, -0.2) is 4.79 Å². The molecule has 1 aliphatic heterocycles. The second-order valence-electron chi connectivity index (χ2n) is 7.39. The number of carbonyl (C=O) groups is 1. The molecule has 3 rings (SSSR count). The molecule has 1 saturated heterocycles. The summed E-state index contributed by atoms with van der Waals surface area (Å²) >= 11 is 17.1. The number of halogens is 3. The highest BCUT2D eigenvalue weighted by Crippen LogP contribution is 2.33. The lowest BCUT2D eigenvalue weighted by Crippen LogP contribution is -2.60. The number of nitrogens with zero attached hydrogens (tertiary/aromatic N) is 3. The van der Waals surface area contributed by atoms with Crippen LogP contribution in [0.1, 0.15) is 11.1 Å². The second-order valence-corrected chi connectivity index (χ2v) is 9.67. The van der Waals surface area contributed by atoms with Crippen molar-refractivity contribution in [1.82, 2.24) is 0 Å². The molecule has 1 heterocycles. The molecule has 5 atom stereocenters. The molecule has 1 fully saturated rings. The molecule has 0 aromatic heterocycles. The molecular weight excluding hydrogens is 509 g/mol. The summed E-state index contributed by atoms with van der Waals surface area (Å²) in [6.07, 6.45) is -4.91. The zero-order chi connectivity index (χ0) is 24.6. The number of alkyl halides is 3. The largest absolute Gasteiger partial charge is 0.454 e. The highest BCUT2D eigenvalue weighted by molar-refractivity contribution is 6.75. The number of hydrogen-bond acceptors (Lipinski definition) is 7. The van der Waals surface area contributed by atoms with Crippen molar-refractivity contribution in [2.24, 2.45) is 5.11 Å². The number of aliphatic hydroxyl groups is 1. The Morgan fingerprint density at radius 3 is 2.18 bits per heavy atom. The van der Waals surface area contributed by atoms with Gasteiger partial charge in [0.05, 0.1) is 19.8 Å². The van der Waals surface area contributed by atoms with E-state index in [2.05, 4.69) is 10.0 Å². The summed E-state index contributed by atoms with van der Waals surface area (Å²) in [5.41, 5.74) is 10.7. The maximum absolute atomic E-state index is 12.4. The van der Waals surface area contributed by atoms with E-state index in [0.717, 1.165) is 11.1 Å². The molecule has 0 radical (unpaired) electrons. The maximum atomic E-state index is 12.4. The topological polar surface area (TPSA) is 123 Å². The van der Waals surface area contributed by atoms with Crippen molar-refractivity contribution < 1.29 is 28.8 Å². The molecule has 1 aliphatic rings. The third-order valence-corrected chi connectivity index (χ3v) is 5.43. The van der Waals surface area contributed by atoms with Gasteiger partial charge < -0.3 is 24.1 Å². The summed E-state index contributed by atoms with van der Waals surface area (Å²) < 4.78 is 20.3. The van der Waals surface area contributed by atoms with Crippen LogP contribution < -0.4 is 0 Å². The van der Waals surface area contributed by atoms with Crippen LogP contribution in [0.2, 0.25) is 0 Å². The molecule has 1 unspecified atom stereocenters. The van der Waals surface area contributed by atoms with Crippen molar-refractivity contribution in [2.75, 3.05) is 6.61 Å². The lowest BCUT2D eigenvalue weighted by Gasteiger charge is -2.43. The van der Waals surface area contributed by atoms with Crippen molar-refractivity contribution in [1.29, 1.82) is 0 Å². The SMILES string of the molecule is [N-]=[N+]=N[C@H]1C(O)O[C@H](COCc2ccccc2)[C@@H](OC(=O)C(Cl)(Cl)Cl)[C@@H]1OCc1ccccc1. The fraction of sp³-hybridized carbons (Fsp3) is 0.409. The van der Waals surface area contributed by atoms with E-state index in [1.54, 1.807) is 0 Å². The van der Waals surface area contributed by atoms with Gasteiger partial charge in [-0.3, -0.25) is 0 Å². The lowest BCUT2D eigenvalue weighted by atomic mass is 9.97. The van der Waals surface area contributed by atoms with E-state index in [0.29, 0.717) is 0 Å². The summed E-state index contributed by atoms with van der Waals surface area (Å²) in [6.45, 7) is 0.199. The fourth-order valence-electron chi connectivity index (χ4n) is 3.38. The van der Waals surface area contributed by atoms with Crippen molar-refractivity contribution in [2.45, 2.75) is 47.7 Å².